The highest BCUT2D eigenvalue weighted by atomic mass is 16.4. The Morgan fingerprint density at radius 2 is 1.40 bits per heavy atom. The van der Waals surface area contributed by atoms with Gasteiger partial charge in [-0.2, -0.15) is 0 Å². The molecule has 0 aliphatic carbocycles. The second-order valence-corrected chi connectivity index (χ2v) is 8.52. The standard InChI is InChI=1S/C21H32N8O6/c1-10(2)16(22)19(32)27-14(4-12-6-23-8-25-12)18(31)29-17(11(3)30)20(33)28-15(21(34)35)5-13-7-24-9-26-13/h6-11,14-17,30H,4-5,22H2,1-3H3,(H,23,25)(H,24,26)(H,27,32)(H,28,33)(H,29,31)(H,34,35). The molecule has 5 atom stereocenters. The molecule has 0 bridgehead atoms. The highest BCUT2D eigenvalue weighted by molar-refractivity contribution is 5.94. The van der Waals surface area contributed by atoms with Crippen molar-refractivity contribution in [3.8, 4) is 0 Å². The third-order valence-corrected chi connectivity index (χ3v) is 5.29. The lowest BCUT2D eigenvalue weighted by Crippen LogP contribution is -2.60. The number of aliphatic carboxylic acids is 1. The van der Waals surface area contributed by atoms with Crippen LogP contribution in [-0.2, 0) is 32.0 Å². The number of H-pyrrole nitrogens is 2. The zero-order chi connectivity index (χ0) is 26.1. The first-order chi connectivity index (χ1) is 16.5. The van der Waals surface area contributed by atoms with Crippen LogP contribution in [0.1, 0.15) is 32.2 Å². The molecule has 2 aromatic heterocycles. The second-order valence-electron chi connectivity index (χ2n) is 8.52. The van der Waals surface area contributed by atoms with Crippen molar-refractivity contribution in [3.05, 3.63) is 36.4 Å². The van der Waals surface area contributed by atoms with E-state index < -0.39 is 54.0 Å². The van der Waals surface area contributed by atoms with Crippen LogP contribution in [0.3, 0.4) is 0 Å². The predicted octanol–water partition coefficient (Wildman–Crippen LogP) is -2.18. The third kappa shape index (κ3) is 8.19. The minimum atomic E-state index is -1.49. The van der Waals surface area contributed by atoms with E-state index in [-0.39, 0.29) is 18.8 Å². The molecule has 0 aliphatic heterocycles. The number of rotatable bonds is 13. The lowest BCUT2D eigenvalue weighted by Gasteiger charge is -2.26. The normalized spacial score (nSPS) is 15.5. The lowest BCUT2D eigenvalue weighted by molar-refractivity contribution is -0.143. The number of aliphatic hydroxyl groups is 1. The number of hydrogen-bond donors (Lipinski definition) is 8. The Hall–Kier alpha value is -3.78. The van der Waals surface area contributed by atoms with Gasteiger partial charge in [0.15, 0.2) is 0 Å². The van der Waals surface area contributed by atoms with Crippen LogP contribution in [0.15, 0.2) is 25.0 Å². The quantitative estimate of drug-likeness (QED) is 0.152. The van der Waals surface area contributed by atoms with E-state index in [1.807, 2.05) is 0 Å². The van der Waals surface area contributed by atoms with Crippen LogP contribution in [0.2, 0.25) is 0 Å². The molecule has 0 spiro atoms. The van der Waals surface area contributed by atoms with Gasteiger partial charge in [0.25, 0.3) is 0 Å². The SMILES string of the molecule is CC(C)C(N)C(=O)NC(Cc1cnc[nH]1)C(=O)NC(C(=O)NC(Cc1cnc[nH]1)C(=O)O)C(C)O. The molecule has 0 aliphatic rings. The fourth-order valence-corrected chi connectivity index (χ4v) is 3.13. The molecule has 0 saturated heterocycles. The summed E-state index contributed by atoms with van der Waals surface area (Å²) in [6, 6.07) is -4.86. The summed E-state index contributed by atoms with van der Waals surface area (Å²) in [6.45, 7) is 4.78. The van der Waals surface area contributed by atoms with Crippen molar-refractivity contribution in [1.82, 2.24) is 35.9 Å². The van der Waals surface area contributed by atoms with Crippen molar-refractivity contribution < 1.29 is 29.4 Å². The summed E-state index contributed by atoms with van der Waals surface area (Å²) in [5.41, 5.74) is 6.89. The molecule has 0 saturated carbocycles. The number of imidazole rings is 2. The number of nitrogens with two attached hydrogens (primary N) is 1. The highest BCUT2D eigenvalue weighted by Crippen LogP contribution is 2.06. The summed E-state index contributed by atoms with van der Waals surface area (Å²) in [6.07, 6.45) is 4.21. The van der Waals surface area contributed by atoms with E-state index in [2.05, 4.69) is 35.9 Å². The number of aromatic nitrogens is 4. The third-order valence-electron chi connectivity index (χ3n) is 5.29. The Labute approximate surface area is 201 Å². The number of aromatic amines is 2. The molecule has 2 rings (SSSR count). The number of nitrogens with zero attached hydrogens (tertiary/aromatic N) is 2. The van der Waals surface area contributed by atoms with Gasteiger partial charge in [-0.05, 0) is 12.8 Å². The maximum absolute atomic E-state index is 13.1. The van der Waals surface area contributed by atoms with Crippen LogP contribution in [0.25, 0.3) is 0 Å². The van der Waals surface area contributed by atoms with Crippen molar-refractivity contribution in [1.29, 1.82) is 0 Å². The van der Waals surface area contributed by atoms with E-state index in [0.717, 1.165) is 0 Å². The molecule has 9 N–H and O–H groups in total. The molecule has 0 fully saturated rings. The first-order valence-corrected chi connectivity index (χ1v) is 11.0. The van der Waals surface area contributed by atoms with Crippen molar-refractivity contribution in [3.63, 3.8) is 0 Å². The fourth-order valence-electron chi connectivity index (χ4n) is 3.13. The van der Waals surface area contributed by atoms with Gasteiger partial charge in [0.05, 0.1) is 24.8 Å². The van der Waals surface area contributed by atoms with Gasteiger partial charge in [0.1, 0.15) is 18.1 Å². The summed E-state index contributed by atoms with van der Waals surface area (Å²) in [5, 5.41) is 26.9. The summed E-state index contributed by atoms with van der Waals surface area (Å²) < 4.78 is 0. The van der Waals surface area contributed by atoms with Crippen molar-refractivity contribution in [2.24, 2.45) is 11.7 Å². The number of carboxylic acid groups (broad SMARTS) is 1. The minimum Gasteiger partial charge on any atom is -0.480 e. The topological polar surface area (TPSA) is 228 Å². The first-order valence-electron chi connectivity index (χ1n) is 11.0. The van der Waals surface area contributed by atoms with Crippen LogP contribution in [0.4, 0.5) is 0 Å². The molecule has 0 aromatic carbocycles. The maximum Gasteiger partial charge on any atom is 0.326 e. The number of carboxylic acids is 1. The van der Waals surface area contributed by atoms with E-state index in [9.17, 15) is 29.4 Å². The zero-order valence-electron chi connectivity index (χ0n) is 19.7. The first kappa shape index (κ1) is 27.5. The highest BCUT2D eigenvalue weighted by Gasteiger charge is 2.33. The molecule has 192 valence electrons. The molecule has 5 unspecified atom stereocenters. The molecule has 2 aromatic rings. The molecule has 2 heterocycles. The van der Waals surface area contributed by atoms with Gasteiger partial charge in [0, 0.05) is 36.6 Å². The second kappa shape index (κ2) is 12.6. The van der Waals surface area contributed by atoms with E-state index >= 15 is 0 Å². The number of carbonyl (C=O) groups is 4. The van der Waals surface area contributed by atoms with E-state index in [4.69, 9.17) is 5.73 Å². The molecular weight excluding hydrogens is 460 g/mol. The van der Waals surface area contributed by atoms with Crippen molar-refractivity contribution >= 4 is 23.7 Å². The average molecular weight is 493 g/mol. The minimum absolute atomic E-state index is 0.00805. The Balaban J connectivity index is 2.15. The Morgan fingerprint density at radius 1 is 0.886 bits per heavy atom. The van der Waals surface area contributed by atoms with Gasteiger partial charge in [0.2, 0.25) is 17.7 Å². The summed E-state index contributed by atoms with van der Waals surface area (Å²) in [5.74, 6) is -3.75. The number of amides is 3. The van der Waals surface area contributed by atoms with E-state index in [1.165, 1.54) is 32.0 Å². The van der Waals surface area contributed by atoms with Crippen LogP contribution < -0.4 is 21.7 Å². The van der Waals surface area contributed by atoms with Crippen LogP contribution in [0, 0.1) is 5.92 Å². The van der Waals surface area contributed by atoms with E-state index in [0.29, 0.717) is 11.4 Å². The molecular formula is C21H32N8O6. The molecule has 35 heavy (non-hydrogen) atoms. The van der Waals surface area contributed by atoms with Gasteiger partial charge >= 0.3 is 5.97 Å². The summed E-state index contributed by atoms with van der Waals surface area (Å²) >= 11 is 0. The Kier molecular flexibility index (Phi) is 9.90. The van der Waals surface area contributed by atoms with Crippen molar-refractivity contribution in [2.45, 2.75) is 63.9 Å². The van der Waals surface area contributed by atoms with Gasteiger partial charge in [-0.3, -0.25) is 14.4 Å². The predicted molar refractivity (Wildman–Crippen MR) is 123 cm³/mol. The number of aliphatic hydroxyl groups excluding tert-OH is 1. The van der Waals surface area contributed by atoms with Gasteiger partial charge < -0.3 is 41.9 Å². The smallest absolute Gasteiger partial charge is 0.326 e. The maximum atomic E-state index is 13.1. The van der Waals surface area contributed by atoms with Crippen molar-refractivity contribution in [2.75, 3.05) is 0 Å². The largest absolute Gasteiger partial charge is 0.480 e. The number of nitrogens with one attached hydrogen (secondary N) is 5. The zero-order valence-corrected chi connectivity index (χ0v) is 19.7. The number of hydrogen-bond acceptors (Lipinski definition) is 8. The summed E-state index contributed by atoms with van der Waals surface area (Å²) in [4.78, 5) is 63.3. The number of carbonyl (C=O) groups excluding carboxylic acids is 3. The van der Waals surface area contributed by atoms with Gasteiger partial charge in [-0.15, -0.1) is 0 Å². The molecule has 14 nitrogen and oxygen atoms in total. The Morgan fingerprint density at radius 3 is 1.83 bits per heavy atom. The monoisotopic (exact) mass is 492 g/mol. The van der Waals surface area contributed by atoms with Crippen LogP contribution in [-0.4, -0.2) is 84.1 Å². The van der Waals surface area contributed by atoms with Crippen LogP contribution >= 0.6 is 0 Å². The lowest BCUT2D eigenvalue weighted by atomic mass is 10.0. The van der Waals surface area contributed by atoms with Gasteiger partial charge in [-0.1, -0.05) is 13.8 Å². The summed E-state index contributed by atoms with van der Waals surface area (Å²) in [7, 11) is 0. The molecule has 0 radical (unpaired) electrons. The fraction of sp³-hybridized carbons (Fsp3) is 0.524. The van der Waals surface area contributed by atoms with Gasteiger partial charge in [-0.25, -0.2) is 14.8 Å². The average Bonchev–Trinajstić information content (AvgIpc) is 3.49. The van der Waals surface area contributed by atoms with Crippen LogP contribution in [0.5, 0.6) is 0 Å². The molecule has 3 amide bonds. The van der Waals surface area contributed by atoms with E-state index in [1.54, 1.807) is 13.8 Å². The Bertz CT molecular complexity index is 976. The molecule has 14 heteroatoms.